The van der Waals surface area contributed by atoms with Crippen molar-refractivity contribution in [3.05, 3.63) is 59.0 Å². The molecule has 3 N–H and O–H groups in total. The number of carbonyl (C=O) groups is 2. The van der Waals surface area contributed by atoms with Gasteiger partial charge in [-0.25, -0.2) is 9.59 Å². The van der Waals surface area contributed by atoms with E-state index in [0.717, 1.165) is 5.52 Å². The Hall–Kier alpha value is -3.55. The van der Waals surface area contributed by atoms with Crippen LogP contribution in [0.4, 0.5) is 16.2 Å². The first-order valence-electron chi connectivity index (χ1n) is 8.97. The molecule has 0 unspecified atom stereocenters. The number of imidazole rings is 1. The summed E-state index contributed by atoms with van der Waals surface area (Å²) < 4.78 is 2.93. The number of nitrogens with zero attached hydrogens (tertiary/aromatic N) is 2. The van der Waals surface area contributed by atoms with Crippen molar-refractivity contribution in [2.75, 3.05) is 10.6 Å². The van der Waals surface area contributed by atoms with E-state index < -0.39 is 0 Å². The number of benzene rings is 2. The fourth-order valence-corrected chi connectivity index (χ4v) is 2.97. The van der Waals surface area contributed by atoms with Crippen LogP contribution in [-0.2, 0) is 18.4 Å². The van der Waals surface area contributed by atoms with Gasteiger partial charge in [0.05, 0.1) is 22.4 Å². The number of hydrogen-bond acceptors (Lipinski definition) is 3. The summed E-state index contributed by atoms with van der Waals surface area (Å²) in [4.78, 5) is 37.0. The Morgan fingerprint density at radius 2 is 1.50 bits per heavy atom. The zero-order chi connectivity index (χ0) is 20.3. The smallest absolute Gasteiger partial charge is 0.329 e. The molecule has 0 bridgehead atoms. The van der Waals surface area contributed by atoms with E-state index in [-0.39, 0.29) is 30.2 Å². The number of hydrogen-bond donors (Lipinski definition) is 3. The number of nitrogens with one attached hydrogen (secondary N) is 3. The van der Waals surface area contributed by atoms with Gasteiger partial charge in [0.15, 0.2) is 0 Å². The van der Waals surface area contributed by atoms with Crippen LogP contribution >= 0.6 is 0 Å². The van der Waals surface area contributed by atoms with Crippen molar-refractivity contribution in [3.8, 4) is 0 Å². The Kier molecular flexibility index (Phi) is 5.49. The van der Waals surface area contributed by atoms with Gasteiger partial charge in [-0.3, -0.25) is 13.9 Å². The molecule has 0 radical (unpaired) electrons. The van der Waals surface area contributed by atoms with E-state index in [2.05, 4.69) is 16.0 Å². The highest BCUT2D eigenvalue weighted by molar-refractivity contribution is 5.99. The molecule has 3 rings (SSSR count). The normalized spacial score (nSPS) is 10.9. The molecule has 0 aliphatic heterocycles. The number of amides is 3. The highest BCUT2D eigenvalue weighted by atomic mass is 16.2. The summed E-state index contributed by atoms with van der Waals surface area (Å²) in [6.07, 6.45) is 0. The Labute approximate surface area is 162 Å². The lowest BCUT2D eigenvalue weighted by atomic mass is 10.2. The van der Waals surface area contributed by atoms with E-state index in [9.17, 15) is 14.4 Å². The lowest BCUT2D eigenvalue weighted by molar-refractivity contribution is -0.116. The topological polar surface area (TPSA) is 97.2 Å². The van der Waals surface area contributed by atoms with Crippen molar-refractivity contribution in [1.82, 2.24) is 14.5 Å². The van der Waals surface area contributed by atoms with E-state index in [1.165, 1.54) is 9.13 Å². The first-order chi connectivity index (χ1) is 13.4. The third kappa shape index (κ3) is 4.06. The third-order valence-electron chi connectivity index (χ3n) is 4.22. The maximum atomic E-state index is 12.6. The molecule has 1 aromatic heterocycles. The number of para-hydroxylation sites is 4. The fraction of sp³-hybridized carbons (Fsp3) is 0.250. The van der Waals surface area contributed by atoms with Gasteiger partial charge in [0.25, 0.3) is 0 Å². The highest BCUT2D eigenvalue weighted by Crippen LogP contribution is 2.21. The van der Waals surface area contributed by atoms with Gasteiger partial charge in [-0.2, -0.15) is 0 Å². The largest absolute Gasteiger partial charge is 0.336 e. The zero-order valence-electron chi connectivity index (χ0n) is 16.0. The molecule has 3 aromatic rings. The summed E-state index contributed by atoms with van der Waals surface area (Å²) in [5.74, 6) is -0.364. The van der Waals surface area contributed by atoms with Crippen molar-refractivity contribution in [3.63, 3.8) is 0 Å². The predicted octanol–water partition coefficient (Wildman–Crippen LogP) is 2.51. The summed E-state index contributed by atoms with van der Waals surface area (Å²) in [5, 5.41) is 8.22. The zero-order valence-corrected chi connectivity index (χ0v) is 16.0. The molecule has 146 valence electrons. The molecule has 8 nitrogen and oxygen atoms in total. The molecule has 0 aliphatic rings. The molecule has 0 aliphatic carbocycles. The quantitative estimate of drug-likeness (QED) is 0.633. The molecular weight excluding hydrogens is 358 g/mol. The first kappa shape index (κ1) is 19.2. The van der Waals surface area contributed by atoms with Crippen molar-refractivity contribution >= 4 is 34.3 Å². The second kappa shape index (κ2) is 7.99. The number of carbonyl (C=O) groups excluding carboxylic acids is 2. The summed E-state index contributed by atoms with van der Waals surface area (Å²) in [6, 6.07) is 13.8. The van der Waals surface area contributed by atoms with Crippen LogP contribution in [0.1, 0.15) is 13.8 Å². The minimum Gasteiger partial charge on any atom is -0.336 e. The van der Waals surface area contributed by atoms with Gasteiger partial charge < -0.3 is 16.0 Å². The standard InChI is InChI=1S/C20H23N5O3/c1-13(2)21-19(27)23-15-9-5-4-8-14(15)22-18(26)12-25-17-11-7-6-10-16(17)24(3)20(25)28/h4-11,13H,12H2,1-3H3,(H,22,26)(H2,21,23,27). The number of urea groups is 1. The summed E-state index contributed by atoms with van der Waals surface area (Å²) in [6.45, 7) is 3.58. The molecule has 1 heterocycles. The fourth-order valence-electron chi connectivity index (χ4n) is 2.97. The minimum absolute atomic E-state index is 0.0139. The van der Waals surface area contributed by atoms with Crippen molar-refractivity contribution in [2.24, 2.45) is 7.05 Å². The molecule has 3 amide bonds. The number of aromatic nitrogens is 2. The van der Waals surface area contributed by atoms with E-state index >= 15 is 0 Å². The van der Waals surface area contributed by atoms with E-state index in [4.69, 9.17) is 0 Å². The summed E-state index contributed by atoms with van der Waals surface area (Å²) in [7, 11) is 1.67. The summed E-state index contributed by atoms with van der Waals surface area (Å²) in [5.41, 5.74) is 2.11. The van der Waals surface area contributed by atoms with Crippen LogP contribution in [0.5, 0.6) is 0 Å². The van der Waals surface area contributed by atoms with E-state index in [1.807, 2.05) is 32.0 Å². The molecule has 0 saturated carbocycles. The van der Waals surface area contributed by atoms with Crippen LogP contribution in [0.15, 0.2) is 53.3 Å². The molecule has 8 heteroatoms. The lowest BCUT2D eigenvalue weighted by Crippen LogP contribution is -2.34. The molecule has 0 saturated heterocycles. The monoisotopic (exact) mass is 381 g/mol. The maximum Gasteiger partial charge on any atom is 0.329 e. The Morgan fingerprint density at radius 3 is 2.14 bits per heavy atom. The van der Waals surface area contributed by atoms with Gasteiger partial charge in [0.1, 0.15) is 6.54 Å². The number of anilines is 2. The van der Waals surface area contributed by atoms with Gasteiger partial charge >= 0.3 is 11.7 Å². The Morgan fingerprint density at radius 1 is 0.929 bits per heavy atom. The molecule has 28 heavy (non-hydrogen) atoms. The SMILES string of the molecule is CC(C)NC(=O)Nc1ccccc1NC(=O)Cn1c(=O)n(C)c2ccccc21. The second-order valence-corrected chi connectivity index (χ2v) is 6.76. The second-order valence-electron chi connectivity index (χ2n) is 6.76. The Bertz CT molecular complexity index is 1080. The third-order valence-corrected chi connectivity index (χ3v) is 4.22. The van der Waals surface area contributed by atoms with E-state index in [1.54, 1.807) is 37.4 Å². The molecule has 0 fully saturated rings. The van der Waals surface area contributed by atoms with Crippen LogP contribution in [0.25, 0.3) is 11.0 Å². The number of fused-ring (bicyclic) bond motifs is 1. The average Bonchev–Trinajstić information content (AvgIpc) is 2.88. The van der Waals surface area contributed by atoms with Crippen LogP contribution in [0.2, 0.25) is 0 Å². The molecule has 0 atom stereocenters. The molecule has 2 aromatic carbocycles. The van der Waals surface area contributed by atoms with Crippen molar-refractivity contribution in [1.29, 1.82) is 0 Å². The Balaban J connectivity index is 1.79. The van der Waals surface area contributed by atoms with Gasteiger partial charge in [-0.15, -0.1) is 0 Å². The van der Waals surface area contributed by atoms with Crippen LogP contribution in [-0.4, -0.2) is 27.1 Å². The number of aryl methyl sites for hydroxylation is 1. The van der Waals surface area contributed by atoms with Gasteiger partial charge in [-0.05, 0) is 38.1 Å². The molecule has 0 spiro atoms. The highest BCUT2D eigenvalue weighted by Gasteiger charge is 2.15. The first-order valence-corrected chi connectivity index (χ1v) is 8.97. The average molecular weight is 381 g/mol. The van der Waals surface area contributed by atoms with Crippen LogP contribution in [0, 0.1) is 0 Å². The maximum absolute atomic E-state index is 12.6. The predicted molar refractivity (Wildman–Crippen MR) is 110 cm³/mol. The van der Waals surface area contributed by atoms with Crippen molar-refractivity contribution < 1.29 is 9.59 Å². The summed E-state index contributed by atoms with van der Waals surface area (Å²) >= 11 is 0. The van der Waals surface area contributed by atoms with Gasteiger partial charge in [-0.1, -0.05) is 24.3 Å². The molecular formula is C20H23N5O3. The van der Waals surface area contributed by atoms with Gasteiger partial charge in [0, 0.05) is 13.1 Å². The minimum atomic E-state index is -0.364. The van der Waals surface area contributed by atoms with Crippen LogP contribution < -0.4 is 21.6 Å². The van der Waals surface area contributed by atoms with Gasteiger partial charge in [0.2, 0.25) is 5.91 Å². The van der Waals surface area contributed by atoms with Crippen molar-refractivity contribution in [2.45, 2.75) is 26.4 Å². The lowest BCUT2D eigenvalue weighted by Gasteiger charge is -2.14. The van der Waals surface area contributed by atoms with Crippen LogP contribution in [0.3, 0.4) is 0 Å². The van der Waals surface area contributed by atoms with E-state index in [0.29, 0.717) is 16.9 Å². The number of rotatable bonds is 5.